The molecule has 0 atom stereocenters. The molecule has 0 aromatic carbocycles. The van der Waals surface area contributed by atoms with E-state index in [9.17, 15) is 9.59 Å². The Labute approximate surface area is 239 Å². The minimum Gasteiger partial charge on any atom is -0.402 e. The van der Waals surface area contributed by atoms with E-state index < -0.39 is 5.91 Å². The van der Waals surface area contributed by atoms with Gasteiger partial charge in [-0.3, -0.25) is 14.3 Å². The Morgan fingerprint density at radius 2 is 2.02 bits per heavy atom. The largest absolute Gasteiger partial charge is 0.402 e. The normalized spacial score (nSPS) is 15.0. The molecule has 13 nitrogen and oxygen atoms in total. The molecule has 1 aliphatic heterocycles. The van der Waals surface area contributed by atoms with Crippen molar-refractivity contribution in [2.75, 3.05) is 32.8 Å². The fourth-order valence-electron chi connectivity index (χ4n) is 4.18. The Morgan fingerprint density at radius 3 is 2.76 bits per heavy atom. The molecule has 0 bridgehead atoms. The summed E-state index contributed by atoms with van der Waals surface area (Å²) in [5, 5.41) is 16.0. The Balaban J connectivity index is 1.28. The summed E-state index contributed by atoms with van der Waals surface area (Å²) in [5.74, 6) is -0.346. The van der Waals surface area contributed by atoms with Crippen LogP contribution >= 0.6 is 11.6 Å². The van der Waals surface area contributed by atoms with Gasteiger partial charge in [-0.25, -0.2) is 4.98 Å². The van der Waals surface area contributed by atoms with Crippen LogP contribution in [0.5, 0.6) is 0 Å². The lowest BCUT2D eigenvalue weighted by molar-refractivity contribution is -0.135. The van der Waals surface area contributed by atoms with E-state index in [-0.39, 0.29) is 35.0 Å². The van der Waals surface area contributed by atoms with Gasteiger partial charge < -0.3 is 24.4 Å². The Hall–Kier alpha value is -4.62. The van der Waals surface area contributed by atoms with Gasteiger partial charge in [0, 0.05) is 60.8 Å². The minimum absolute atomic E-state index is 0.00244. The number of fused-ring (bicyclic) bond motifs is 1. The van der Waals surface area contributed by atoms with Gasteiger partial charge in [0.05, 0.1) is 42.3 Å². The van der Waals surface area contributed by atoms with Gasteiger partial charge in [-0.2, -0.15) is 10.1 Å². The lowest BCUT2D eigenvalue weighted by atomic mass is 10.1. The van der Waals surface area contributed by atoms with Crippen molar-refractivity contribution < 1.29 is 18.7 Å². The molecule has 0 saturated carbocycles. The number of aromatic amines is 1. The molecule has 0 spiro atoms. The zero-order valence-electron chi connectivity index (χ0n) is 22.7. The summed E-state index contributed by atoms with van der Waals surface area (Å²) >= 11 is 6.46. The number of ether oxygens (including phenoxy) is 1. The number of aromatic nitrogens is 6. The number of aliphatic imine (C=N–C) groups is 1. The third-order valence-corrected chi connectivity index (χ3v) is 6.83. The van der Waals surface area contributed by atoms with Crippen molar-refractivity contribution >= 4 is 46.2 Å². The summed E-state index contributed by atoms with van der Waals surface area (Å²) in [4.78, 5) is 38.6. The van der Waals surface area contributed by atoms with Crippen molar-refractivity contribution in [1.29, 1.82) is 0 Å². The first-order valence-electron chi connectivity index (χ1n) is 12.8. The first-order chi connectivity index (χ1) is 19.8. The lowest BCUT2D eigenvalue weighted by Gasteiger charge is -2.26. The van der Waals surface area contributed by atoms with Crippen molar-refractivity contribution in [3.8, 4) is 22.6 Å². The van der Waals surface area contributed by atoms with E-state index in [1.54, 1.807) is 48.1 Å². The van der Waals surface area contributed by atoms with Crippen molar-refractivity contribution in [3.05, 3.63) is 53.6 Å². The number of morpholine rings is 1. The Bertz CT molecular complexity index is 1670. The topological polar surface area (TPSA) is 156 Å². The van der Waals surface area contributed by atoms with Crippen molar-refractivity contribution in [2.24, 2.45) is 12.0 Å². The summed E-state index contributed by atoms with van der Waals surface area (Å²) in [7, 11) is 1.85. The summed E-state index contributed by atoms with van der Waals surface area (Å²) < 4.78 is 12.8. The molecule has 1 fully saturated rings. The summed E-state index contributed by atoms with van der Waals surface area (Å²) in [6, 6.07) is 1.97. The highest BCUT2D eigenvalue weighted by Gasteiger charge is 2.19. The zero-order chi connectivity index (χ0) is 28.9. The van der Waals surface area contributed by atoms with E-state index >= 15 is 0 Å². The van der Waals surface area contributed by atoms with Crippen LogP contribution in [0.25, 0.3) is 33.6 Å². The second-order valence-corrected chi connectivity index (χ2v) is 9.63. The van der Waals surface area contributed by atoms with Crippen molar-refractivity contribution in [1.82, 2.24) is 40.2 Å². The molecular weight excluding hydrogens is 550 g/mol. The molecule has 41 heavy (non-hydrogen) atoms. The highest BCUT2D eigenvalue weighted by atomic mass is 35.5. The molecule has 5 heterocycles. The molecule has 212 valence electrons. The van der Waals surface area contributed by atoms with Crippen molar-refractivity contribution in [2.45, 2.75) is 13.8 Å². The maximum Gasteiger partial charge on any atom is 0.343 e. The monoisotopic (exact) mass is 577 g/mol. The average molecular weight is 578 g/mol. The number of nitrogens with one attached hydrogen (secondary N) is 2. The Morgan fingerprint density at radius 1 is 1.22 bits per heavy atom. The number of rotatable bonds is 8. The molecule has 0 unspecified atom stereocenters. The number of carbonyl (C=O) groups excluding carboxylic acids is 2. The fraction of sp³-hybridized carbons (Fsp3) is 0.296. The maximum absolute atomic E-state index is 12.7. The van der Waals surface area contributed by atoms with E-state index in [2.05, 4.69) is 35.6 Å². The van der Waals surface area contributed by atoms with E-state index in [1.807, 2.05) is 19.3 Å². The second-order valence-electron chi connectivity index (χ2n) is 9.22. The molecule has 0 aliphatic carbocycles. The smallest absolute Gasteiger partial charge is 0.343 e. The van der Waals surface area contributed by atoms with Crippen LogP contribution in [0.1, 0.15) is 13.8 Å². The first-order valence-corrected chi connectivity index (χ1v) is 13.2. The molecule has 2 N–H and O–H groups in total. The second kappa shape index (κ2) is 12.3. The van der Waals surface area contributed by atoms with Crippen LogP contribution in [-0.4, -0.2) is 85.2 Å². The molecule has 0 radical (unpaired) electrons. The first kappa shape index (κ1) is 27.9. The maximum atomic E-state index is 12.7. The molecule has 14 heteroatoms. The highest BCUT2D eigenvalue weighted by Crippen LogP contribution is 2.31. The Kier molecular flexibility index (Phi) is 8.36. The summed E-state index contributed by atoms with van der Waals surface area (Å²) in [6.07, 6.45) is 10.2. The van der Waals surface area contributed by atoms with Crippen LogP contribution in [-0.2, 0) is 21.4 Å². The number of carbonyl (C=O) groups is 2. The number of aryl methyl sites for hydroxylation is 1. The van der Waals surface area contributed by atoms with E-state index in [0.717, 1.165) is 16.5 Å². The van der Waals surface area contributed by atoms with Gasteiger partial charge in [0.25, 0.3) is 11.8 Å². The summed E-state index contributed by atoms with van der Waals surface area (Å²) in [5.41, 5.74) is 3.80. The van der Waals surface area contributed by atoms with Crippen molar-refractivity contribution in [3.63, 3.8) is 0 Å². The van der Waals surface area contributed by atoms with Crippen LogP contribution in [0.4, 0.5) is 6.01 Å². The molecule has 4 aromatic heterocycles. The lowest BCUT2D eigenvalue weighted by Crippen LogP contribution is -2.45. The van der Waals surface area contributed by atoms with E-state index in [4.69, 9.17) is 20.8 Å². The number of nitrogens with zero attached hydrogens (tertiary/aromatic N) is 7. The van der Waals surface area contributed by atoms with Gasteiger partial charge in [0.15, 0.2) is 0 Å². The van der Waals surface area contributed by atoms with Crippen LogP contribution in [0.2, 0.25) is 0 Å². The predicted molar refractivity (Wildman–Crippen MR) is 152 cm³/mol. The quantitative estimate of drug-likeness (QED) is 0.184. The number of hydrogen-bond donors (Lipinski definition) is 2. The predicted octanol–water partition coefficient (Wildman–Crippen LogP) is 3.15. The third-order valence-electron chi connectivity index (χ3n) is 6.44. The molecule has 1 aliphatic rings. The van der Waals surface area contributed by atoms with Crippen LogP contribution in [0.15, 0.2) is 63.0 Å². The zero-order valence-corrected chi connectivity index (χ0v) is 23.5. The van der Waals surface area contributed by atoms with Gasteiger partial charge in [-0.1, -0.05) is 22.8 Å². The highest BCUT2D eigenvalue weighted by molar-refractivity contribution is 6.43. The number of allylic oxidation sites excluding steroid dienone is 2. The third kappa shape index (κ3) is 6.42. The summed E-state index contributed by atoms with van der Waals surface area (Å²) in [6.45, 7) is 5.24. The van der Waals surface area contributed by atoms with Crippen LogP contribution in [0, 0.1) is 0 Å². The molecule has 2 amide bonds. The van der Waals surface area contributed by atoms with Gasteiger partial charge in [0.1, 0.15) is 5.65 Å². The molecule has 1 saturated heterocycles. The fourth-order valence-corrected chi connectivity index (χ4v) is 4.34. The average Bonchev–Trinajstić information content (AvgIpc) is 3.74. The minimum atomic E-state index is -0.432. The number of hydrogen-bond acceptors (Lipinski definition) is 9. The SMILES string of the molecule is CC=C(/C=C(/Cl)C(C)=Nc1nnc(-c2c[nH]c3ncc(-c4cnn(C)c4)cc23)o1)C(=O)NCC(=O)N1CCOCC1. The molecule has 5 rings (SSSR count). The standard InChI is InChI=1S/C27H28ClN9O4/c1-4-17(25(39)31-14-23(38)37-5-7-40-8-6-37)10-22(28)16(2)33-27-35-34-26(41-27)21-13-30-24-20(21)9-18(11-29-24)19-12-32-36(3)15-19/h4,9-13,15H,5-8,14H2,1-3H3,(H,29,30)(H,31,39)/b17-4?,22-10+,33-16?. The van der Waals surface area contributed by atoms with E-state index in [0.29, 0.717) is 43.2 Å². The number of amides is 2. The molecular formula is C27H28ClN9O4. The van der Waals surface area contributed by atoms with Gasteiger partial charge in [0.2, 0.25) is 5.91 Å². The van der Waals surface area contributed by atoms with Gasteiger partial charge >= 0.3 is 6.01 Å². The number of halogens is 1. The number of pyridine rings is 1. The van der Waals surface area contributed by atoms with Crippen LogP contribution < -0.4 is 5.32 Å². The van der Waals surface area contributed by atoms with Gasteiger partial charge in [-0.05, 0) is 26.0 Å². The molecule has 4 aromatic rings. The van der Waals surface area contributed by atoms with E-state index in [1.165, 1.54) is 6.08 Å². The number of H-pyrrole nitrogens is 1. The van der Waals surface area contributed by atoms with Gasteiger partial charge in [-0.15, -0.1) is 5.10 Å². The van der Waals surface area contributed by atoms with Crippen LogP contribution in [0.3, 0.4) is 0 Å².